The summed E-state index contributed by atoms with van der Waals surface area (Å²) < 4.78 is 16.5. The van der Waals surface area contributed by atoms with Gasteiger partial charge in [0, 0.05) is 12.3 Å². The highest BCUT2D eigenvalue weighted by Crippen LogP contribution is 2.27. The average Bonchev–Trinajstić information content (AvgIpc) is 2.92. The van der Waals surface area contributed by atoms with Gasteiger partial charge in [-0.3, -0.25) is 4.79 Å². The van der Waals surface area contributed by atoms with Gasteiger partial charge >= 0.3 is 5.97 Å². The number of benzene rings is 3. The van der Waals surface area contributed by atoms with E-state index in [1.165, 1.54) is 12.7 Å². The Morgan fingerprint density at radius 3 is 2.37 bits per heavy atom. The third kappa shape index (κ3) is 7.20. The van der Waals surface area contributed by atoms with Gasteiger partial charge in [-0.05, 0) is 73.0 Å². The average molecular weight is 511 g/mol. The molecule has 0 unspecified atom stereocenters. The highest BCUT2D eigenvalue weighted by atomic mass is 16.5. The van der Waals surface area contributed by atoms with Crippen LogP contribution in [0.1, 0.15) is 36.2 Å². The summed E-state index contributed by atoms with van der Waals surface area (Å²) in [5.74, 6) is 1.13. The molecule has 4 aromatic rings. The van der Waals surface area contributed by atoms with Gasteiger partial charge in [0.2, 0.25) is 11.8 Å². The maximum Gasteiger partial charge on any atom is 0.339 e. The molecule has 0 bridgehead atoms. The summed E-state index contributed by atoms with van der Waals surface area (Å²) >= 11 is 0. The van der Waals surface area contributed by atoms with E-state index < -0.39 is 5.97 Å². The topological polar surface area (TPSA) is 86.8 Å². The molecule has 0 atom stereocenters. The molecule has 4 rings (SSSR count). The fourth-order valence-electron chi connectivity index (χ4n) is 3.84. The number of hydrogen-bond donors (Lipinski definition) is 1. The molecule has 0 saturated heterocycles. The van der Waals surface area contributed by atoms with Gasteiger partial charge in [-0.2, -0.15) is 0 Å². The molecule has 1 N–H and O–H groups in total. The second-order valence-corrected chi connectivity index (χ2v) is 8.96. The van der Waals surface area contributed by atoms with Crippen LogP contribution in [0.25, 0.3) is 10.8 Å². The Labute approximate surface area is 222 Å². The molecule has 0 aliphatic heterocycles. The first-order valence-corrected chi connectivity index (χ1v) is 12.3. The number of methoxy groups -OCH3 is 1. The molecule has 7 heteroatoms. The van der Waals surface area contributed by atoms with E-state index in [0.717, 1.165) is 22.9 Å². The SMILES string of the molecule is COC(=O)c1ccccc1NC(=O)Cc1ccc(Oc2ccc3cc(OCCC=C(C)C)ccc3c2)nc1. The molecule has 7 nitrogen and oxygen atoms in total. The highest BCUT2D eigenvalue weighted by molar-refractivity contribution is 6.01. The van der Waals surface area contributed by atoms with E-state index in [2.05, 4.69) is 30.2 Å². The first kappa shape index (κ1) is 26.4. The number of esters is 1. The van der Waals surface area contributed by atoms with Crippen LogP contribution < -0.4 is 14.8 Å². The van der Waals surface area contributed by atoms with Gasteiger partial charge in [0.25, 0.3) is 0 Å². The van der Waals surface area contributed by atoms with Crippen LogP contribution in [0, 0.1) is 0 Å². The van der Waals surface area contributed by atoms with Gasteiger partial charge < -0.3 is 19.5 Å². The summed E-state index contributed by atoms with van der Waals surface area (Å²) in [5, 5.41) is 4.84. The molecule has 1 amide bonds. The van der Waals surface area contributed by atoms with Gasteiger partial charge in [0.1, 0.15) is 11.5 Å². The third-order valence-corrected chi connectivity index (χ3v) is 5.71. The van der Waals surface area contributed by atoms with Crippen molar-refractivity contribution < 1.29 is 23.8 Å². The number of ether oxygens (including phenoxy) is 3. The molecule has 1 aromatic heterocycles. The number of pyridine rings is 1. The lowest BCUT2D eigenvalue weighted by Crippen LogP contribution is -2.17. The summed E-state index contributed by atoms with van der Waals surface area (Å²) in [7, 11) is 1.30. The second kappa shape index (κ2) is 12.5. The summed E-state index contributed by atoms with van der Waals surface area (Å²) in [5.41, 5.74) is 2.69. The molecule has 0 aliphatic rings. The summed E-state index contributed by atoms with van der Waals surface area (Å²) in [6.07, 6.45) is 4.73. The van der Waals surface area contributed by atoms with Gasteiger partial charge in [0.05, 0.1) is 31.4 Å². The lowest BCUT2D eigenvalue weighted by atomic mass is 10.1. The number of nitrogens with zero attached hydrogens (tertiary/aromatic N) is 1. The Balaban J connectivity index is 1.34. The molecule has 0 aliphatic carbocycles. The van der Waals surface area contributed by atoms with Crippen molar-refractivity contribution >= 4 is 28.3 Å². The maximum absolute atomic E-state index is 12.5. The number of anilines is 1. The monoisotopic (exact) mass is 510 g/mol. The van der Waals surface area contributed by atoms with Gasteiger partial charge in [-0.1, -0.05) is 42.0 Å². The minimum Gasteiger partial charge on any atom is -0.493 e. The Kier molecular flexibility index (Phi) is 8.72. The first-order chi connectivity index (χ1) is 18.4. The van der Waals surface area contributed by atoms with Crippen LogP contribution in [0.15, 0.2) is 90.6 Å². The Morgan fingerprint density at radius 2 is 1.66 bits per heavy atom. The van der Waals surface area contributed by atoms with Crippen molar-refractivity contribution in [2.45, 2.75) is 26.7 Å². The predicted molar refractivity (Wildman–Crippen MR) is 148 cm³/mol. The molecule has 0 spiro atoms. The van der Waals surface area contributed by atoms with E-state index in [9.17, 15) is 9.59 Å². The van der Waals surface area contributed by atoms with Crippen molar-refractivity contribution in [3.63, 3.8) is 0 Å². The van der Waals surface area contributed by atoms with Crippen molar-refractivity contribution in [1.82, 2.24) is 4.98 Å². The number of allylic oxidation sites excluding steroid dienone is 1. The molecule has 0 saturated carbocycles. The molecule has 0 radical (unpaired) electrons. The Morgan fingerprint density at radius 1 is 0.921 bits per heavy atom. The molecule has 3 aromatic carbocycles. The van der Waals surface area contributed by atoms with E-state index in [-0.39, 0.29) is 12.3 Å². The number of nitrogens with one attached hydrogen (secondary N) is 1. The smallest absolute Gasteiger partial charge is 0.339 e. The zero-order valence-electron chi connectivity index (χ0n) is 21.7. The number of aromatic nitrogens is 1. The van der Waals surface area contributed by atoms with Crippen LogP contribution in [0.2, 0.25) is 0 Å². The summed E-state index contributed by atoms with van der Waals surface area (Å²) in [6, 6.07) is 22.0. The van der Waals surface area contributed by atoms with Crippen LogP contribution in [-0.2, 0) is 16.0 Å². The number of rotatable bonds is 10. The Bertz CT molecular complexity index is 1460. The standard InChI is InChI=1S/C31H30N2O5/c1-21(2)7-6-16-37-25-13-11-24-19-26(14-12-23(24)18-25)38-30-15-10-22(20-32-30)17-29(34)33-28-9-5-4-8-27(28)31(35)36-3/h4-5,7-15,18-20H,6,16-17H2,1-3H3,(H,33,34). The fraction of sp³-hybridized carbons (Fsp3) is 0.194. The van der Waals surface area contributed by atoms with Crippen molar-refractivity contribution in [2.75, 3.05) is 19.0 Å². The van der Waals surface area contributed by atoms with Gasteiger partial charge in [-0.15, -0.1) is 0 Å². The van der Waals surface area contributed by atoms with Crippen molar-refractivity contribution in [1.29, 1.82) is 0 Å². The number of para-hydroxylation sites is 1. The Hall–Kier alpha value is -4.65. The van der Waals surface area contributed by atoms with Gasteiger partial charge in [-0.25, -0.2) is 9.78 Å². The van der Waals surface area contributed by atoms with Crippen molar-refractivity contribution in [3.8, 4) is 17.4 Å². The first-order valence-electron chi connectivity index (χ1n) is 12.3. The van der Waals surface area contributed by atoms with E-state index in [1.54, 1.807) is 42.6 Å². The fourth-order valence-corrected chi connectivity index (χ4v) is 3.84. The molecule has 38 heavy (non-hydrogen) atoms. The minimum atomic E-state index is -0.512. The van der Waals surface area contributed by atoms with Crippen LogP contribution in [-0.4, -0.2) is 30.6 Å². The summed E-state index contributed by atoms with van der Waals surface area (Å²) in [4.78, 5) is 28.8. The van der Waals surface area contributed by atoms with E-state index in [4.69, 9.17) is 14.2 Å². The van der Waals surface area contributed by atoms with Gasteiger partial charge in [0.15, 0.2) is 0 Å². The largest absolute Gasteiger partial charge is 0.493 e. The van der Waals surface area contributed by atoms with Crippen LogP contribution in [0.5, 0.6) is 17.4 Å². The normalized spacial score (nSPS) is 10.5. The quantitative estimate of drug-likeness (QED) is 0.145. The highest BCUT2D eigenvalue weighted by Gasteiger charge is 2.14. The maximum atomic E-state index is 12.5. The number of fused-ring (bicyclic) bond motifs is 1. The molecule has 1 heterocycles. The van der Waals surface area contributed by atoms with E-state index in [1.807, 2.05) is 36.4 Å². The summed E-state index contributed by atoms with van der Waals surface area (Å²) in [6.45, 7) is 4.80. The van der Waals surface area contributed by atoms with Crippen LogP contribution in [0.3, 0.4) is 0 Å². The predicted octanol–water partition coefficient (Wildman–Crippen LogP) is 6.73. The number of amides is 1. The van der Waals surface area contributed by atoms with E-state index in [0.29, 0.717) is 35.1 Å². The van der Waals surface area contributed by atoms with Crippen molar-refractivity contribution in [2.24, 2.45) is 0 Å². The van der Waals surface area contributed by atoms with Crippen molar-refractivity contribution in [3.05, 3.63) is 102 Å². The zero-order chi connectivity index (χ0) is 26.9. The zero-order valence-corrected chi connectivity index (χ0v) is 21.7. The molecular weight excluding hydrogens is 480 g/mol. The van der Waals surface area contributed by atoms with E-state index >= 15 is 0 Å². The molecule has 0 fully saturated rings. The van der Waals surface area contributed by atoms with Crippen LogP contribution >= 0.6 is 0 Å². The lowest BCUT2D eigenvalue weighted by molar-refractivity contribution is -0.115. The molecular formula is C31H30N2O5. The lowest BCUT2D eigenvalue weighted by Gasteiger charge is -2.10. The second-order valence-electron chi connectivity index (χ2n) is 8.96. The van der Waals surface area contributed by atoms with Crippen LogP contribution in [0.4, 0.5) is 5.69 Å². The number of hydrogen-bond acceptors (Lipinski definition) is 6. The number of carbonyl (C=O) groups is 2. The minimum absolute atomic E-state index is 0.0947. The number of carbonyl (C=O) groups excluding carboxylic acids is 2. The molecule has 194 valence electrons. The third-order valence-electron chi connectivity index (χ3n) is 5.71.